The Morgan fingerprint density at radius 3 is 2.91 bits per heavy atom. The standard InChI is InChI=1S/C16H14BrN3OS/c1-3-15-19-13-5-4-11(17)8-12(13)16(21)20(15)18-9-14-10(2)6-7-22-14/h4-9H,3H2,1-2H3. The Labute approximate surface area is 140 Å². The van der Waals surface area contributed by atoms with Gasteiger partial charge in [0.2, 0.25) is 0 Å². The highest BCUT2D eigenvalue weighted by Crippen LogP contribution is 2.16. The molecule has 0 aliphatic rings. The SMILES string of the molecule is CCc1nc2ccc(Br)cc2c(=O)n1N=Cc1sccc1C. The van der Waals surface area contributed by atoms with Crippen molar-refractivity contribution in [2.24, 2.45) is 5.10 Å². The summed E-state index contributed by atoms with van der Waals surface area (Å²) in [6, 6.07) is 7.55. The smallest absolute Gasteiger partial charge is 0.267 e. The number of rotatable bonds is 3. The molecule has 6 heteroatoms. The summed E-state index contributed by atoms with van der Waals surface area (Å²) in [6.07, 6.45) is 2.37. The number of aryl methyl sites for hydroxylation is 2. The number of hydrogen-bond acceptors (Lipinski definition) is 4. The van der Waals surface area contributed by atoms with Crippen LogP contribution in [0.5, 0.6) is 0 Å². The summed E-state index contributed by atoms with van der Waals surface area (Å²) >= 11 is 5.00. The fraction of sp³-hybridized carbons (Fsp3) is 0.188. The van der Waals surface area contributed by atoms with Gasteiger partial charge in [0, 0.05) is 10.9 Å². The van der Waals surface area contributed by atoms with Gasteiger partial charge in [0.25, 0.3) is 5.56 Å². The minimum absolute atomic E-state index is 0.145. The van der Waals surface area contributed by atoms with Crippen LogP contribution in [0.3, 0.4) is 0 Å². The summed E-state index contributed by atoms with van der Waals surface area (Å²) in [4.78, 5) is 18.3. The van der Waals surface area contributed by atoms with E-state index in [0.717, 1.165) is 14.9 Å². The second-order valence-corrected chi connectivity index (χ2v) is 6.74. The maximum atomic E-state index is 12.7. The van der Waals surface area contributed by atoms with Gasteiger partial charge in [0.1, 0.15) is 5.82 Å². The number of hydrogen-bond donors (Lipinski definition) is 0. The van der Waals surface area contributed by atoms with Gasteiger partial charge in [-0.1, -0.05) is 22.9 Å². The maximum Gasteiger partial charge on any atom is 0.282 e. The highest BCUT2D eigenvalue weighted by molar-refractivity contribution is 9.10. The van der Waals surface area contributed by atoms with Crippen LogP contribution in [0.25, 0.3) is 10.9 Å². The highest BCUT2D eigenvalue weighted by atomic mass is 79.9. The van der Waals surface area contributed by atoms with Crippen molar-refractivity contribution in [2.75, 3.05) is 0 Å². The average molecular weight is 376 g/mol. The molecule has 22 heavy (non-hydrogen) atoms. The Hall–Kier alpha value is -1.79. The number of nitrogens with zero attached hydrogens (tertiary/aromatic N) is 3. The lowest BCUT2D eigenvalue weighted by molar-refractivity contribution is 0.735. The average Bonchev–Trinajstić information content (AvgIpc) is 2.92. The molecule has 0 amide bonds. The van der Waals surface area contributed by atoms with E-state index in [2.05, 4.69) is 26.0 Å². The van der Waals surface area contributed by atoms with E-state index >= 15 is 0 Å². The molecule has 0 aliphatic carbocycles. The van der Waals surface area contributed by atoms with Gasteiger partial charge in [-0.2, -0.15) is 9.78 Å². The molecule has 0 fully saturated rings. The molecule has 3 aromatic rings. The zero-order valence-corrected chi connectivity index (χ0v) is 14.6. The summed E-state index contributed by atoms with van der Waals surface area (Å²) in [5, 5.41) is 6.94. The van der Waals surface area contributed by atoms with Crippen molar-refractivity contribution in [3.8, 4) is 0 Å². The van der Waals surface area contributed by atoms with Crippen LogP contribution in [-0.2, 0) is 6.42 Å². The molecule has 0 atom stereocenters. The van der Waals surface area contributed by atoms with Crippen LogP contribution in [0.4, 0.5) is 0 Å². The molecule has 3 rings (SSSR count). The zero-order valence-electron chi connectivity index (χ0n) is 12.2. The van der Waals surface area contributed by atoms with Crippen LogP contribution in [0.1, 0.15) is 23.2 Å². The molecular formula is C16H14BrN3OS. The van der Waals surface area contributed by atoms with E-state index in [1.807, 2.05) is 37.4 Å². The molecule has 0 spiro atoms. The Kier molecular flexibility index (Phi) is 4.22. The predicted molar refractivity (Wildman–Crippen MR) is 95.1 cm³/mol. The van der Waals surface area contributed by atoms with Gasteiger partial charge in [-0.3, -0.25) is 4.79 Å². The van der Waals surface area contributed by atoms with Crippen LogP contribution in [0.2, 0.25) is 0 Å². The maximum absolute atomic E-state index is 12.7. The van der Waals surface area contributed by atoms with E-state index in [1.54, 1.807) is 23.6 Å². The number of aromatic nitrogens is 2. The fourth-order valence-corrected chi connectivity index (χ4v) is 3.31. The van der Waals surface area contributed by atoms with Crippen LogP contribution in [-0.4, -0.2) is 15.9 Å². The fourth-order valence-electron chi connectivity index (χ4n) is 2.17. The third-order valence-electron chi connectivity index (χ3n) is 3.38. The van der Waals surface area contributed by atoms with Gasteiger partial charge in [0.15, 0.2) is 0 Å². The molecule has 0 bridgehead atoms. The van der Waals surface area contributed by atoms with Crippen molar-refractivity contribution in [3.63, 3.8) is 0 Å². The van der Waals surface area contributed by atoms with Crippen molar-refractivity contribution in [2.45, 2.75) is 20.3 Å². The normalized spacial score (nSPS) is 11.6. The largest absolute Gasteiger partial charge is 0.282 e. The van der Waals surface area contributed by atoms with E-state index in [0.29, 0.717) is 23.1 Å². The number of halogens is 1. The lowest BCUT2D eigenvalue weighted by atomic mass is 10.2. The molecule has 0 aliphatic heterocycles. The van der Waals surface area contributed by atoms with Crippen molar-refractivity contribution >= 4 is 44.4 Å². The number of fused-ring (bicyclic) bond motifs is 1. The molecule has 0 saturated heterocycles. The third kappa shape index (κ3) is 2.76. The molecule has 0 radical (unpaired) electrons. The molecular weight excluding hydrogens is 362 g/mol. The molecule has 1 aromatic carbocycles. The van der Waals surface area contributed by atoms with Crippen LogP contribution >= 0.6 is 27.3 Å². The van der Waals surface area contributed by atoms with Crippen LogP contribution in [0.15, 0.2) is 44.0 Å². The van der Waals surface area contributed by atoms with Gasteiger partial charge in [-0.15, -0.1) is 11.3 Å². The summed E-state index contributed by atoms with van der Waals surface area (Å²) in [6.45, 7) is 3.99. The monoisotopic (exact) mass is 375 g/mol. The Morgan fingerprint density at radius 1 is 1.41 bits per heavy atom. The summed E-state index contributed by atoms with van der Waals surface area (Å²) in [5.74, 6) is 0.658. The Balaban J connectivity index is 2.19. The lowest BCUT2D eigenvalue weighted by Crippen LogP contribution is -2.22. The third-order valence-corrected chi connectivity index (χ3v) is 4.83. The molecule has 112 valence electrons. The Bertz CT molecular complexity index is 927. The summed E-state index contributed by atoms with van der Waals surface area (Å²) < 4.78 is 2.25. The minimum atomic E-state index is -0.145. The quantitative estimate of drug-likeness (QED) is 0.650. The first kappa shape index (κ1) is 15.1. The van der Waals surface area contributed by atoms with E-state index in [4.69, 9.17) is 0 Å². The van der Waals surface area contributed by atoms with E-state index in [-0.39, 0.29) is 5.56 Å². The van der Waals surface area contributed by atoms with Crippen molar-refractivity contribution in [1.82, 2.24) is 9.66 Å². The van der Waals surface area contributed by atoms with Gasteiger partial charge in [0.05, 0.1) is 22.0 Å². The second kappa shape index (κ2) is 6.14. The first-order valence-electron chi connectivity index (χ1n) is 6.89. The minimum Gasteiger partial charge on any atom is -0.267 e. The van der Waals surface area contributed by atoms with E-state index in [9.17, 15) is 4.79 Å². The highest BCUT2D eigenvalue weighted by Gasteiger charge is 2.09. The summed E-state index contributed by atoms with van der Waals surface area (Å²) in [5.41, 5.74) is 1.70. The van der Waals surface area contributed by atoms with Gasteiger partial charge >= 0.3 is 0 Å². The van der Waals surface area contributed by atoms with Gasteiger partial charge in [-0.25, -0.2) is 4.98 Å². The lowest BCUT2D eigenvalue weighted by Gasteiger charge is -2.07. The Morgan fingerprint density at radius 2 is 2.23 bits per heavy atom. The molecule has 0 saturated carbocycles. The molecule has 2 heterocycles. The van der Waals surface area contributed by atoms with Crippen molar-refractivity contribution in [3.05, 3.63) is 60.7 Å². The topological polar surface area (TPSA) is 47.2 Å². The van der Waals surface area contributed by atoms with Crippen LogP contribution in [0, 0.1) is 6.92 Å². The van der Waals surface area contributed by atoms with E-state index in [1.165, 1.54) is 4.68 Å². The number of thiophene rings is 1. The first-order valence-corrected chi connectivity index (χ1v) is 8.57. The molecule has 4 nitrogen and oxygen atoms in total. The first-order chi connectivity index (χ1) is 10.6. The van der Waals surface area contributed by atoms with Crippen molar-refractivity contribution in [1.29, 1.82) is 0 Å². The number of benzene rings is 1. The van der Waals surface area contributed by atoms with Gasteiger partial charge in [-0.05, 0) is 42.1 Å². The molecule has 0 N–H and O–H groups in total. The molecule has 0 unspecified atom stereocenters. The summed E-state index contributed by atoms with van der Waals surface area (Å²) in [7, 11) is 0. The van der Waals surface area contributed by atoms with Crippen molar-refractivity contribution < 1.29 is 0 Å². The van der Waals surface area contributed by atoms with Gasteiger partial charge < -0.3 is 0 Å². The predicted octanol–water partition coefficient (Wildman–Crippen LogP) is 3.97. The van der Waals surface area contributed by atoms with Crippen LogP contribution < -0.4 is 5.56 Å². The van der Waals surface area contributed by atoms with E-state index < -0.39 is 0 Å². The molecule has 2 aromatic heterocycles. The zero-order chi connectivity index (χ0) is 15.7. The second-order valence-electron chi connectivity index (χ2n) is 4.87.